The van der Waals surface area contributed by atoms with Crippen molar-refractivity contribution in [3.8, 4) is 0 Å². The highest BCUT2D eigenvalue weighted by Crippen LogP contribution is 2.15. The molecule has 1 saturated heterocycles. The zero-order valence-corrected chi connectivity index (χ0v) is 13.8. The van der Waals surface area contributed by atoms with Gasteiger partial charge < -0.3 is 15.4 Å². The first kappa shape index (κ1) is 16.2. The molecule has 1 aliphatic rings. The highest BCUT2D eigenvalue weighted by molar-refractivity contribution is 7.80. The van der Waals surface area contributed by atoms with Crippen LogP contribution in [-0.2, 0) is 4.74 Å². The Morgan fingerprint density at radius 2 is 2.05 bits per heavy atom. The molecule has 2 rings (SSSR count). The molecule has 116 valence electrons. The minimum Gasteiger partial charge on any atom is -0.379 e. The second-order valence-corrected chi connectivity index (χ2v) is 5.92. The average Bonchev–Trinajstić information content (AvgIpc) is 2.48. The van der Waals surface area contributed by atoms with Crippen LogP contribution in [0.25, 0.3) is 0 Å². The highest BCUT2D eigenvalue weighted by atomic mass is 32.1. The van der Waals surface area contributed by atoms with Crippen LogP contribution in [0.3, 0.4) is 0 Å². The number of morpholine rings is 1. The SMILES string of the molecule is Cc1ccc(NC(=S)NCCCN2CCOCC2)c(C)c1. The van der Waals surface area contributed by atoms with E-state index < -0.39 is 0 Å². The lowest BCUT2D eigenvalue weighted by Gasteiger charge is -2.26. The molecule has 1 aromatic carbocycles. The maximum Gasteiger partial charge on any atom is 0.170 e. The largest absolute Gasteiger partial charge is 0.379 e. The van der Waals surface area contributed by atoms with E-state index in [1.54, 1.807) is 0 Å². The maximum absolute atomic E-state index is 5.34. The number of nitrogens with one attached hydrogen (secondary N) is 2. The molecular weight excluding hydrogens is 282 g/mol. The second kappa shape index (κ2) is 8.32. The first-order chi connectivity index (χ1) is 10.1. The fraction of sp³-hybridized carbons (Fsp3) is 0.562. The molecule has 0 atom stereocenters. The maximum atomic E-state index is 5.34. The van der Waals surface area contributed by atoms with E-state index in [-0.39, 0.29) is 0 Å². The number of aryl methyl sites for hydroxylation is 2. The van der Waals surface area contributed by atoms with E-state index >= 15 is 0 Å². The lowest BCUT2D eigenvalue weighted by molar-refractivity contribution is 0.0376. The number of hydrogen-bond acceptors (Lipinski definition) is 3. The molecule has 5 heteroatoms. The third-order valence-electron chi connectivity index (χ3n) is 3.67. The van der Waals surface area contributed by atoms with Crippen molar-refractivity contribution in [1.29, 1.82) is 0 Å². The molecule has 1 aliphatic heterocycles. The summed E-state index contributed by atoms with van der Waals surface area (Å²) in [6.07, 6.45) is 1.09. The molecule has 1 aromatic rings. The van der Waals surface area contributed by atoms with Gasteiger partial charge in [0, 0.05) is 25.3 Å². The van der Waals surface area contributed by atoms with E-state index in [1.807, 2.05) is 0 Å². The number of nitrogens with zero attached hydrogens (tertiary/aromatic N) is 1. The first-order valence-corrected chi connectivity index (χ1v) is 7.98. The first-order valence-electron chi connectivity index (χ1n) is 7.57. The number of ether oxygens (including phenoxy) is 1. The third-order valence-corrected chi connectivity index (χ3v) is 3.92. The second-order valence-electron chi connectivity index (χ2n) is 5.51. The van der Waals surface area contributed by atoms with Crippen molar-refractivity contribution in [3.05, 3.63) is 29.3 Å². The topological polar surface area (TPSA) is 36.5 Å². The van der Waals surface area contributed by atoms with Crippen molar-refractivity contribution in [2.24, 2.45) is 0 Å². The van der Waals surface area contributed by atoms with Crippen LogP contribution in [-0.4, -0.2) is 49.4 Å². The lowest BCUT2D eigenvalue weighted by atomic mass is 10.1. The zero-order chi connectivity index (χ0) is 15.1. The van der Waals surface area contributed by atoms with Gasteiger partial charge in [-0.05, 0) is 50.7 Å². The molecule has 0 radical (unpaired) electrons. The summed E-state index contributed by atoms with van der Waals surface area (Å²) >= 11 is 5.34. The molecule has 0 spiro atoms. The summed E-state index contributed by atoms with van der Waals surface area (Å²) in [7, 11) is 0. The molecule has 0 unspecified atom stereocenters. The van der Waals surface area contributed by atoms with Crippen molar-refractivity contribution in [2.45, 2.75) is 20.3 Å². The molecule has 1 fully saturated rings. The summed E-state index contributed by atoms with van der Waals surface area (Å²) in [5, 5.41) is 7.24. The minimum atomic E-state index is 0.698. The Kier molecular flexibility index (Phi) is 6.42. The quantitative estimate of drug-likeness (QED) is 0.645. The Labute approximate surface area is 132 Å². The van der Waals surface area contributed by atoms with Gasteiger partial charge in [0.1, 0.15) is 0 Å². The Morgan fingerprint density at radius 1 is 1.29 bits per heavy atom. The van der Waals surface area contributed by atoms with Crippen LogP contribution in [0, 0.1) is 13.8 Å². The number of rotatable bonds is 5. The Hall–Kier alpha value is -1.17. The van der Waals surface area contributed by atoms with Gasteiger partial charge in [-0.2, -0.15) is 0 Å². The van der Waals surface area contributed by atoms with Gasteiger partial charge in [0.2, 0.25) is 0 Å². The van der Waals surface area contributed by atoms with Gasteiger partial charge in [-0.3, -0.25) is 4.90 Å². The number of hydrogen-bond donors (Lipinski definition) is 2. The van der Waals surface area contributed by atoms with Crippen molar-refractivity contribution >= 4 is 23.0 Å². The molecular formula is C16H25N3OS. The zero-order valence-electron chi connectivity index (χ0n) is 12.9. The van der Waals surface area contributed by atoms with Crippen LogP contribution in [0.1, 0.15) is 17.5 Å². The van der Waals surface area contributed by atoms with Crippen LogP contribution in [0.2, 0.25) is 0 Å². The summed E-state index contributed by atoms with van der Waals surface area (Å²) in [5.41, 5.74) is 3.56. The summed E-state index contributed by atoms with van der Waals surface area (Å²) in [4.78, 5) is 2.44. The third kappa shape index (κ3) is 5.61. The van der Waals surface area contributed by atoms with Crippen molar-refractivity contribution in [1.82, 2.24) is 10.2 Å². The summed E-state index contributed by atoms with van der Waals surface area (Å²) in [6, 6.07) is 6.33. The average molecular weight is 307 g/mol. The molecule has 0 bridgehead atoms. The molecule has 0 saturated carbocycles. The smallest absolute Gasteiger partial charge is 0.170 e. The minimum absolute atomic E-state index is 0.698. The van der Waals surface area contributed by atoms with Crippen LogP contribution in [0.4, 0.5) is 5.69 Å². The van der Waals surface area contributed by atoms with E-state index in [4.69, 9.17) is 17.0 Å². The Bertz CT molecular complexity index is 473. The van der Waals surface area contributed by atoms with E-state index in [0.29, 0.717) is 5.11 Å². The fourth-order valence-corrected chi connectivity index (χ4v) is 2.66. The molecule has 4 nitrogen and oxygen atoms in total. The van der Waals surface area contributed by atoms with E-state index in [2.05, 4.69) is 47.6 Å². The van der Waals surface area contributed by atoms with Crippen molar-refractivity contribution in [2.75, 3.05) is 44.7 Å². The van der Waals surface area contributed by atoms with Gasteiger partial charge in [-0.25, -0.2) is 0 Å². The fourth-order valence-electron chi connectivity index (χ4n) is 2.45. The highest BCUT2D eigenvalue weighted by Gasteiger charge is 2.09. The molecule has 2 N–H and O–H groups in total. The lowest BCUT2D eigenvalue weighted by Crippen LogP contribution is -2.38. The monoisotopic (exact) mass is 307 g/mol. The Balaban J connectivity index is 1.65. The van der Waals surface area contributed by atoms with E-state index in [1.165, 1.54) is 11.1 Å². The van der Waals surface area contributed by atoms with Crippen molar-refractivity contribution in [3.63, 3.8) is 0 Å². The van der Waals surface area contributed by atoms with Crippen molar-refractivity contribution < 1.29 is 4.74 Å². The van der Waals surface area contributed by atoms with Gasteiger partial charge >= 0.3 is 0 Å². The molecule has 0 aliphatic carbocycles. The molecule has 1 heterocycles. The molecule has 0 amide bonds. The number of anilines is 1. The van der Waals surface area contributed by atoms with Crippen LogP contribution < -0.4 is 10.6 Å². The Morgan fingerprint density at radius 3 is 2.76 bits per heavy atom. The predicted octanol–water partition coefficient (Wildman–Crippen LogP) is 2.31. The van der Waals surface area contributed by atoms with E-state index in [0.717, 1.165) is 51.5 Å². The van der Waals surface area contributed by atoms with Gasteiger partial charge in [0.05, 0.1) is 13.2 Å². The molecule has 21 heavy (non-hydrogen) atoms. The summed E-state index contributed by atoms with van der Waals surface area (Å²) in [6.45, 7) is 10.0. The summed E-state index contributed by atoms with van der Waals surface area (Å²) < 4.78 is 5.34. The predicted molar refractivity (Wildman–Crippen MR) is 92.0 cm³/mol. The van der Waals surface area contributed by atoms with Gasteiger partial charge in [-0.1, -0.05) is 17.7 Å². The van der Waals surface area contributed by atoms with Gasteiger partial charge in [0.15, 0.2) is 5.11 Å². The normalized spacial score (nSPS) is 15.7. The number of benzene rings is 1. The standard InChI is InChI=1S/C16H25N3OS/c1-13-4-5-15(14(2)12-13)18-16(21)17-6-3-7-19-8-10-20-11-9-19/h4-5,12H,3,6-11H2,1-2H3,(H2,17,18,21). The number of thiocarbonyl (C=S) groups is 1. The van der Waals surface area contributed by atoms with Crippen LogP contribution in [0.5, 0.6) is 0 Å². The molecule has 0 aromatic heterocycles. The van der Waals surface area contributed by atoms with Gasteiger partial charge in [0.25, 0.3) is 0 Å². The summed E-state index contributed by atoms with van der Waals surface area (Å²) in [5.74, 6) is 0. The van der Waals surface area contributed by atoms with Crippen LogP contribution >= 0.6 is 12.2 Å². The van der Waals surface area contributed by atoms with E-state index in [9.17, 15) is 0 Å². The van der Waals surface area contributed by atoms with Crippen LogP contribution in [0.15, 0.2) is 18.2 Å². The van der Waals surface area contributed by atoms with Gasteiger partial charge in [-0.15, -0.1) is 0 Å².